The van der Waals surface area contributed by atoms with Gasteiger partial charge < -0.3 is 9.97 Å². The number of hydrogen-bond acceptors (Lipinski definition) is 3. The average molecular weight is 465 g/mol. The van der Waals surface area contributed by atoms with E-state index in [2.05, 4.69) is 69.7 Å². The van der Waals surface area contributed by atoms with E-state index in [1.807, 2.05) is 44.3 Å². The lowest BCUT2D eigenvalue weighted by Gasteiger charge is -2.23. The highest BCUT2D eigenvalue weighted by Gasteiger charge is 2.38. The van der Waals surface area contributed by atoms with Crippen LogP contribution in [0.25, 0.3) is 21.9 Å². The number of imidazole rings is 1. The largest absolute Gasteiger partial charge is 0.361 e. The second-order valence-electron chi connectivity index (χ2n) is 8.32. The van der Waals surface area contributed by atoms with Crippen LogP contribution in [0, 0.1) is 6.92 Å². The Hall–Kier alpha value is -4.39. The van der Waals surface area contributed by atoms with Crippen molar-refractivity contribution in [2.75, 3.05) is 4.90 Å². The SMILES string of the molecule is CC.Cc1ccc(C2C(=NCc3ccc4[nH]ccc4c3)NC(=O)N2c2ccc3nc[nH]c3c2)cc1. The van der Waals surface area contributed by atoms with Crippen LogP contribution in [0.4, 0.5) is 10.5 Å². The molecule has 6 rings (SSSR count). The molecule has 1 aliphatic heterocycles. The minimum absolute atomic E-state index is 0.195. The third-order valence-corrected chi connectivity index (χ3v) is 6.10. The molecule has 1 saturated heterocycles. The number of urea groups is 1. The minimum Gasteiger partial charge on any atom is -0.361 e. The molecular weight excluding hydrogens is 436 g/mol. The highest BCUT2D eigenvalue weighted by Crippen LogP contribution is 2.33. The third kappa shape index (κ3) is 4.28. The maximum Gasteiger partial charge on any atom is 0.328 e. The fourth-order valence-corrected chi connectivity index (χ4v) is 4.38. The van der Waals surface area contributed by atoms with Crippen LogP contribution in [-0.4, -0.2) is 26.8 Å². The molecule has 5 aromatic rings. The zero-order valence-corrected chi connectivity index (χ0v) is 20.0. The number of aromatic nitrogens is 3. The van der Waals surface area contributed by atoms with Gasteiger partial charge in [0.05, 0.1) is 23.9 Å². The molecule has 3 heterocycles. The first kappa shape index (κ1) is 22.4. The Labute approximate surface area is 203 Å². The molecule has 0 aliphatic carbocycles. The molecular formula is C28H28N6O. The van der Waals surface area contributed by atoms with Crippen molar-refractivity contribution in [3.8, 4) is 0 Å². The van der Waals surface area contributed by atoms with Crippen molar-refractivity contribution in [2.45, 2.75) is 33.4 Å². The van der Waals surface area contributed by atoms with Gasteiger partial charge in [-0.05, 0) is 59.8 Å². The van der Waals surface area contributed by atoms with Crippen molar-refractivity contribution in [1.29, 1.82) is 0 Å². The summed E-state index contributed by atoms with van der Waals surface area (Å²) in [5.41, 5.74) is 6.88. The molecule has 1 atom stereocenters. The molecule has 0 saturated carbocycles. The number of amides is 2. The van der Waals surface area contributed by atoms with Crippen LogP contribution in [0.3, 0.4) is 0 Å². The molecule has 1 aliphatic rings. The molecule has 2 amide bonds. The minimum atomic E-state index is -0.338. The number of carbonyl (C=O) groups is 1. The predicted molar refractivity (Wildman–Crippen MR) is 142 cm³/mol. The number of nitrogens with zero attached hydrogens (tertiary/aromatic N) is 3. The van der Waals surface area contributed by atoms with Crippen LogP contribution in [0.2, 0.25) is 0 Å². The normalized spacial score (nSPS) is 16.5. The standard InChI is InChI=1S/C26H22N6O.C2H6/c1-16-2-5-18(6-3-16)24-25(28-14-17-4-8-21-19(12-17)10-11-27-21)31-26(33)32(24)20-7-9-22-23(13-20)30-15-29-22;1-2/h2-13,15,24,27H,14H2,1H3,(H,29,30)(H,28,31,33);1-2H3. The summed E-state index contributed by atoms with van der Waals surface area (Å²) in [6, 6.07) is 21.8. The number of amidine groups is 1. The predicted octanol–water partition coefficient (Wildman–Crippen LogP) is 6.25. The van der Waals surface area contributed by atoms with E-state index in [4.69, 9.17) is 4.99 Å². The molecule has 0 bridgehead atoms. The summed E-state index contributed by atoms with van der Waals surface area (Å²) in [7, 11) is 0. The third-order valence-electron chi connectivity index (χ3n) is 6.10. The van der Waals surface area contributed by atoms with Gasteiger partial charge in [0.2, 0.25) is 0 Å². The van der Waals surface area contributed by atoms with Crippen LogP contribution < -0.4 is 10.2 Å². The number of H-pyrrole nitrogens is 2. The number of aromatic amines is 2. The van der Waals surface area contributed by atoms with E-state index >= 15 is 0 Å². The number of aliphatic imine (C=N–C) groups is 1. The maximum absolute atomic E-state index is 13.2. The van der Waals surface area contributed by atoms with Crippen LogP contribution in [0.15, 0.2) is 84.2 Å². The molecule has 2 aromatic heterocycles. The first-order valence-electron chi connectivity index (χ1n) is 11.9. The van der Waals surface area contributed by atoms with E-state index in [-0.39, 0.29) is 12.1 Å². The monoisotopic (exact) mass is 464 g/mol. The Bertz CT molecular complexity index is 1510. The molecule has 176 valence electrons. The van der Waals surface area contributed by atoms with E-state index in [0.29, 0.717) is 12.4 Å². The molecule has 3 N–H and O–H groups in total. The number of hydrogen-bond donors (Lipinski definition) is 3. The van der Waals surface area contributed by atoms with Crippen molar-refractivity contribution < 1.29 is 4.79 Å². The van der Waals surface area contributed by atoms with E-state index in [1.165, 1.54) is 5.56 Å². The average Bonchev–Trinajstić information content (AvgIpc) is 3.62. The van der Waals surface area contributed by atoms with E-state index in [0.717, 1.165) is 38.8 Å². The Balaban J connectivity index is 0.00000124. The fraction of sp³-hybridized carbons (Fsp3) is 0.179. The van der Waals surface area contributed by atoms with Gasteiger partial charge in [0.15, 0.2) is 0 Å². The lowest BCUT2D eigenvalue weighted by Crippen LogP contribution is -2.29. The molecule has 0 spiro atoms. The van der Waals surface area contributed by atoms with Gasteiger partial charge >= 0.3 is 6.03 Å². The van der Waals surface area contributed by atoms with Gasteiger partial charge in [-0.15, -0.1) is 0 Å². The molecule has 1 unspecified atom stereocenters. The lowest BCUT2D eigenvalue weighted by molar-refractivity contribution is 0.252. The fourth-order valence-electron chi connectivity index (χ4n) is 4.38. The first-order valence-corrected chi connectivity index (χ1v) is 11.9. The number of aryl methyl sites for hydroxylation is 1. The summed E-state index contributed by atoms with van der Waals surface area (Å²) < 4.78 is 0. The summed E-state index contributed by atoms with van der Waals surface area (Å²) in [5.74, 6) is 0.641. The molecule has 3 aromatic carbocycles. The zero-order valence-electron chi connectivity index (χ0n) is 20.0. The lowest BCUT2D eigenvalue weighted by atomic mass is 10.0. The van der Waals surface area contributed by atoms with Gasteiger partial charge in [0, 0.05) is 17.4 Å². The van der Waals surface area contributed by atoms with Crippen LogP contribution in [0.5, 0.6) is 0 Å². The van der Waals surface area contributed by atoms with Gasteiger partial charge in [-0.2, -0.15) is 0 Å². The molecule has 35 heavy (non-hydrogen) atoms. The van der Waals surface area contributed by atoms with Crippen molar-refractivity contribution in [1.82, 2.24) is 20.3 Å². The molecule has 1 fully saturated rings. The van der Waals surface area contributed by atoms with Gasteiger partial charge in [-0.3, -0.25) is 15.2 Å². The first-order chi connectivity index (χ1) is 17.2. The van der Waals surface area contributed by atoms with Gasteiger partial charge in [0.1, 0.15) is 11.9 Å². The smallest absolute Gasteiger partial charge is 0.328 e. The van der Waals surface area contributed by atoms with E-state index < -0.39 is 0 Å². The highest BCUT2D eigenvalue weighted by atomic mass is 16.2. The van der Waals surface area contributed by atoms with Crippen LogP contribution >= 0.6 is 0 Å². The summed E-state index contributed by atoms with van der Waals surface area (Å²) in [4.78, 5) is 30.4. The quantitative estimate of drug-likeness (QED) is 0.293. The summed E-state index contributed by atoms with van der Waals surface area (Å²) in [6.45, 7) is 6.53. The van der Waals surface area contributed by atoms with Crippen molar-refractivity contribution in [2.24, 2.45) is 4.99 Å². The second kappa shape index (κ2) is 9.46. The van der Waals surface area contributed by atoms with Crippen LogP contribution in [0.1, 0.15) is 36.6 Å². The molecule has 7 nitrogen and oxygen atoms in total. The van der Waals surface area contributed by atoms with E-state index in [9.17, 15) is 4.79 Å². The molecule has 7 heteroatoms. The number of rotatable bonds is 4. The second-order valence-corrected chi connectivity index (χ2v) is 8.32. The van der Waals surface area contributed by atoms with Crippen LogP contribution in [-0.2, 0) is 6.54 Å². The summed E-state index contributed by atoms with van der Waals surface area (Å²) >= 11 is 0. The van der Waals surface area contributed by atoms with Crippen molar-refractivity contribution in [3.05, 3.63) is 95.9 Å². The zero-order chi connectivity index (χ0) is 24.4. The number of nitrogens with one attached hydrogen (secondary N) is 3. The number of benzene rings is 3. The van der Waals surface area contributed by atoms with Gasteiger partial charge in [0.25, 0.3) is 0 Å². The van der Waals surface area contributed by atoms with Gasteiger partial charge in [-0.1, -0.05) is 49.7 Å². The summed E-state index contributed by atoms with van der Waals surface area (Å²) in [6.07, 6.45) is 3.59. The Morgan fingerprint density at radius 3 is 2.60 bits per heavy atom. The van der Waals surface area contributed by atoms with Gasteiger partial charge in [-0.25, -0.2) is 9.78 Å². The maximum atomic E-state index is 13.2. The molecule has 0 radical (unpaired) electrons. The topological polar surface area (TPSA) is 89.2 Å². The number of anilines is 1. The number of fused-ring (bicyclic) bond motifs is 2. The summed E-state index contributed by atoms with van der Waals surface area (Å²) in [5, 5.41) is 4.16. The van der Waals surface area contributed by atoms with Crippen molar-refractivity contribution in [3.63, 3.8) is 0 Å². The highest BCUT2D eigenvalue weighted by molar-refractivity contribution is 6.17. The van der Waals surface area contributed by atoms with E-state index in [1.54, 1.807) is 11.2 Å². The Morgan fingerprint density at radius 1 is 0.943 bits per heavy atom. The van der Waals surface area contributed by atoms with Crippen molar-refractivity contribution >= 4 is 39.5 Å². The number of carbonyl (C=O) groups excluding carboxylic acids is 1. The Kier molecular flexibility index (Phi) is 6.06. The Morgan fingerprint density at radius 2 is 1.77 bits per heavy atom.